The second-order valence-electron chi connectivity index (χ2n) is 3.72. The van der Waals surface area contributed by atoms with Crippen molar-refractivity contribution in [3.8, 4) is 0 Å². The third-order valence-electron chi connectivity index (χ3n) is 2.25. The van der Waals surface area contributed by atoms with Gasteiger partial charge in [-0.2, -0.15) is 0 Å². The number of aromatic nitrogens is 1. The molecule has 0 saturated heterocycles. The molecule has 0 atom stereocenters. The summed E-state index contributed by atoms with van der Waals surface area (Å²) >= 11 is 16.4. The fraction of sp³-hybridized carbons (Fsp3) is 0.167. The molecule has 0 spiro atoms. The number of hydrogen-bond donors (Lipinski definition) is 1. The van der Waals surface area contributed by atoms with Crippen LogP contribution >= 0.6 is 50.5 Å². The maximum atomic E-state index is 11.9. The Labute approximate surface area is 133 Å². The van der Waals surface area contributed by atoms with E-state index in [0.717, 1.165) is 15.2 Å². The third kappa shape index (κ3) is 4.18. The van der Waals surface area contributed by atoms with Crippen LogP contribution in [-0.4, -0.2) is 10.9 Å². The van der Waals surface area contributed by atoms with E-state index in [0.29, 0.717) is 16.6 Å². The third-order valence-corrected chi connectivity index (χ3v) is 4.23. The van der Waals surface area contributed by atoms with Crippen molar-refractivity contribution in [2.24, 2.45) is 0 Å². The fourth-order valence-electron chi connectivity index (χ4n) is 1.41. The molecule has 1 aromatic heterocycles. The minimum atomic E-state index is -0.153. The molecule has 0 unspecified atom stereocenters. The molecule has 3 nitrogen and oxygen atoms in total. The topological polar surface area (TPSA) is 42.0 Å². The lowest BCUT2D eigenvalue weighted by molar-refractivity contribution is -0.115. The van der Waals surface area contributed by atoms with Crippen LogP contribution in [0, 0.1) is 0 Å². The maximum Gasteiger partial charge on any atom is 0.231 e. The van der Waals surface area contributed by atoms with Gasteiger partial charge in [0.15, 0.2) is 0 Å². The molecule has 0 aliphatic heterocycles. The molecule has 1 heterocycles. The Hall–Kier alpha value is -0.620. The van der Waals surface area contributed by atoms with Crippen molar-refractivity contribution in [1.29, 1.82) is 0 Å². The number of rotatable bonds is 4. The Kier molecular flexibility index (Phi) is 5.21. The van der Waals surface area contributed by atoms with Crippen LogP contribution in [0.15, 0.2) is 28.1 Å². The van der Waals surface area contributed by atoms with E-state index in [2.05, 4.69) is 26.2 Å². The number of benzene rings is 1. The van der Waals surface area contributed by atoms with E-state index >= 15 is 0 Å². The molecule has 0 saturated carbocycles. The molecule has 0 aliphatic rings. The normalized spacial score (nSPS) is 10.5. The van der Waals surface area contributed by atoms with E-state index in [1.165, 1.54) is 11.3 Å². The minimum Gasteiger partial charge on any atom is -0.324 e. The molecule has 0 radical (unpaired) electrons. The van der Waals surface area contributed by atoms with Crippen molar-refractivity contribution < 1.29 is 4.79 Å². The number of nitrogens with one attached hydrogen (secondary N) is 1. The first-order valence-corrected chi connectivity index (χ1v) is 7.91. The zero-order valence-corrected chi connectivity index (χ0v) is 13.5. The number of hydrogen-bond acceptors (Lipinski definition) is 3. The van der Waals surface area contributed by atoms with Crippen LogP contribution in [0.5, 0.6) is 0 Å². The summed E-state index contributed by atoms with van der Waals surface area (Å²) in [7, 11) is 0. The average molecular weight is 380 g/mol. The van der Waals surface area contributed by atoms with E-state index in [1.807, 2.05) is 11.4 Å². The second kappa shape index (κ2) is 6.70. The van der Waals surface area contributed by atoms with E-state index in [-0.39, 0.29) is 12.3 Å². The largest absolute Gasteiger partial charge is 0.324 e. The number of nitrogens with zero attached hydrogens (tertiary/aromatic N) is 1. The highest BCUT2D eigenvalue weighted by molar-refractivity contribution is 9.10. The van der Waals surface area contributed by atoms with Gasteiger partial charge in [-0.25, -0.2) is 4.98 Å². The minimum absolute atomic E-state index is 0.153. The Morgan fingerprint density at radius 3 is 2.89 bits per heavy atom. The summed E-state index contributed by atoms with van der Waals surface area (Å²) < 4.78 is 0.863. The van der Waals surface area contributed by atoms with Crippen LogP contribution in [0.1, 0.15) is 10.7 Å². The zero-order valence-electron chi connectivity index (χ0n) is 9.62. The summed E-state index contributed by atoms with van der Waals surface area (Å²) in [5.74, 6) is 0.205. The number of amides is 1. The molecule has 0 bridgehead atoms. The van der Waals surface area contributed by atoms with Crippen molar-refractivity contribution in [2.45, 2.75) is 12.3 Å². The molecule has 1 aromatic carbocycles. The van der Waals surface area contributed by atoms with Crippen molar-refractivity contribution in [3.05, 3.63) is 43.8 Å². The SMILES string of the molecule is O=C(Cc1nc(CCl)cs1)Nc1ccc(Br)cc1Cl. The standard InChI is InChI=1S/C12H9BrCl2N2OS/c13-7-1-2-10(9(15)3-7)17-11(18)4-12-16-8(5-14)6-19-12/h1-3,6H,4-5H2,(H,17,18). The van der Waals surface area contributed by atoms with Gasteiger partial charge in [0, 0.05) is 9.85 Å². The van der Waals surface area contributed by atoms with Crippen LogP contribution < -0.4 is 5.32 Å². The van der Waals surface area contributed by atoms with E-state index in [4.69, 9.17) is 23.2 Å². The van der Waals surface area contributed by atoms with Gasteiger partial charge in [0.1, 0.15) is 5.01 Å². The number of carbonyl (C=O) groups excluding carboxylic acids is 1. The summed E-state index contributed by atoms with van der Waals surface area (Å²) in [5, 5.41) is 5.83. The van der Waals surface area contributed by atoms with Crippen molar-refractivity contribution >= 4 is 62.1 Å². The number of thiazole rings is 1. The molecule has 1 amide bonds. The lowest BCUT2D eigenvalue weighted by Gasteiger charge is -2.06. The van der Waals surface area contributed by atoms with Crippen LogP contribution in [0.25, 0.3) is 0 Å². The Bertz CT molecular complexity index is 603. The second-order valence-corrected chi connectivity index (χ2v) is 6.25. The van der Waals surface area contributed by atoms with Crippen molar-refractivity contribution in [1.82, 2.24) is 4.98 Å². The van der Waals surface area contributed by atoms with Gasteiger partial charge < -0.3 is 5.32 Å². The molecule has 1 N–H and O–H groups in total. The number of carbonyl (C=O) groups is 1. The van der Waals surface area contributed by atoms with Crippen molar-refractivity contribution in [2.75, 3.05) is 5.32 Å². The molecular weight excluding hydrogens is 371 g/mol. The molecule has 2 aromatic rings. The van der Waals surface area contributed by atoms with Gasteiger partial charge in [-0.3, -0.25) is 4.79 Å². The number of alkyl halides is 1. The summed E-state index contributed by atoms with van der Waals surface area (Å²) in [6.07, 6.45) is 0.216. The lowest BCUT2D eigenvalue weighted by Crippen LogP contribution is -2.14. The first-order valence-electron chi connectivity index (χ1n) is 5.32. The van der Waals surface area contributed by atoms with Gasteiger partial charge in [-0.1, -0.05) is 27.5 Å². The zero-order chi connectivity index (χ0) is 13.8. The van der Waals surface area contributed by atoms with Crippen molar-refractivity contribution in [3.63, 3.8) is 0 Å². The Balaban J connectivity index is 2.01. The Morgan fingerprint density at radius 2 is 2.26 bits per heavy atom. The first-order chi connectivity index (χ1) is 9.08. The monoisotopic (exact) mass is 378 g/mol. The van der Waals surface area contributed by atoms with E-state index in [9.17, 15) is 4.79 Å². The molecule has 0 fully saturated rings. The number of anilines is 1. The van der Waals surface area contributed by atoms with Gasteiger partial charge >= 0.3 is 0 Å². The highest BCUT2D eigenvalue weighted by Crippen LogP contribution is 2.25. The maximum absolute atomic E-state index is 11.9. The van der Waals surface area contributed by atoms with Gasteiger partial charge in [-0.05, 0) is 18.2 Å². The van der Waals surface area contributed by atoms with Crippen LogP contribution in [0.4, 0.5) is 5.69 Å². The molecule has 100 valence electrons. The van der Waals surface area contributed by atoms with E-state index < -0.39 is 0 Å². The summed E-state index contributed by atoms with van der Waals surface area (Å²) in [6, 6.07) is 5.29. The van der Waals surface area contributed by atoms with Crippen LogP contribution in [0.3, 0.4) is 0 Å². The predicted molar refractivity (Wildman–Crippen MR) is 83.2 cm³/mol. The molecule has 0 aliphatic carbocycles. The molecule has 19 heavy (non-hydrogen) atoms. The van der Waals surface area contributed by atoms with E-state index in [1.54, 1.807) is 12.1 Å². The van der Waals surface area contributed by atoms with Gasteiger partial charge in [0.05, 0.1) is 28.7 Å². The summed E-state index contributed by atoms with van der Waals surface area (Å²) in [4.78, 5) is 16.1. The quantitative estimate of drug-likeness (QED) is 0.795. The van der Waals surface area contributed by atoms with Crippen LogP contribution in [-0.2, 0) is 17.1 Å². The summed E-state index contributed by atoms with van der Waals surface area (Å²) in [5.41, 5.74) is 1.38. The first kappa shape index (κ1) is 14.8. The molecule has 7 heteroatoms. The highest BCUT2D eigenvalue weighted by atomic mass is 79.9. The van der Waals surface area contributed by atoms with Gasteiger partial charge in [-0.15, -0.1) is 22.9 Å². The smallest absolute Gasteiger partial charge is 0.231 e. The molecule has 2 rings (SSSR count). The fourth-order valence-corrected chi connectivity index (χ4v) is 3.16. The average Bonchev–Trinajstić information content (AvgIpc) is 2.80. The van der Waals surface area contributed by atoms with Crippen LogP contribution in [0.2, 0.25) is 5.02 Å². The van der Waals surface area contributed by atoms with Gasteiger partial charge in [0.2, 0.25) is 5.91 Å². The predicted octanol–water partition coefficient (Wildman–Crippen LogP) is 4.48. The highest BCUT2D eigenvalue weighted by Gasteiger charge is 2.10. The number of halogens is 3. The van der Waals surface area contributed by atoms with Gasteiger partial charge in [0.25, 0.3) is 0 Å². The Morgan fingerprint density at radius 1 is 1.47 bits per heavy atom. The molecular formula is C12H9BrCl2N2OS. The lowest BCUT2D eigenvalue weighted by atomic mass is 10.3. The summed E-state index contributed by atoms with van der Waals surface area (Å²) in [6.45, 7) is 0.